The van der Waals surface area contributed by atoms with Crippen molar-refractivity contribution in [3.8, 4) is 0 Å². The molecule has 7 N–H and O–H groups in total. The average molecular weight is 430 g/mol. The number of amides is 1. The van der Waals surface area contributed by atoms with Gasteiger partial charge in [-0.1, -0.05) is 25.7 Å². The Balaban J connectivity index is 1.74. The monoisotopic (exact) mass is 429 g/mol. The number of benzene rings is 1. The molecule has 1 fully saturated rings. The molecule has 0 heterocycles. The highest BCUT2D eigenvalue weighted by Gasteiger charge is 2.14. The van der Waals surface area contributed by atoms with Gasteiger partial charge in [0, 0.05) is 18.3 Å². The number of allylic oxidation sites excluding steroid dienone is 1. The zero-order valence-electron chi connectivity index (χ0n) is 19.1. The average Bonchev–Trinajstić information content (AvgIpc) is 3.25. The van der Waals surface area contributed by atoms with Crippen LogP contribution >= 0.6 is 0 Å². The molecule has 0 bridgehead atoms. The maximum Gasteiger partial charge on any atom is 0.221 e. The molecule has 0 spiro atoms. The first kappa shape index (κ1) is 24.6. The molecule has 1 aromatic rings. The van der Waals surface area contributed by atoms with Gasteiger partial charge in [0.05, 0.1) is 6.67 Å². The molecule has 1 saturated carbocycles. The fourth-order valence-electron chi connectivity index (χ4n) is 3.68. The zero-order valence-corrected chi connectivity index (χ0v) is 19.1. The van der Waals surface area contributed by atoms with Gasteiger partial charge in [-0.25, -0.2) is 5.84 Å². The third kappa shape index (κ3) is 9.76. The first-order chi connectivity index (χ1) is 15.0. The van der Waals surface area contributed by atoms with Crippen LogP contribution < -0.4 is 32.5 Å². The Kier molecular flexibility index (Phi) is 10.7. The van der Waals surface area contributed by atoms with E-state index >= 15 is 0 Å². The zero-order chi connectivity index (χ0) is 22.5. The number of nitrogens with one attached hydrogen (secondary N) is 5. The van der Waals surface area contributed by atoms with Crippen LogP contribution in [-0.4, -0.2) is 37.7 Å². The van der Waals surface area contributed by atoms with Crippen LogP contribution in [0.1, 0.15) is 45.4 Å². The van der Waals surface area contributed by atoms with E-state index < -0.39 is 0 Å². The summed E-state index contributed by atoms with van der Waals surface area (Å²) < 4.78 is 0. The lowest BCUT2D eigenvalue weighted by atomic mass is 10.0. The number of hydrazine groups is 1. The predicted octanol–water partition coefficient (Wildman–Crippen LogP) is 2.87. The largest absolute Gasteiger partial charge is 0.374 e. The number of carbonyl (C=O) groups is 1. The van der Waals surface area contributed by atoms with Crippen molar-refractivity contribution in [3.63, 3.8) is 0 Å². The van der Waals surface area contributed by atoms with Crippen LogP contribution in [0.2, 0.25) is 0 Å². The fraction of sp³-hybridized carbons (Fsp3) is 0.522. The van der Waals surface area contributed by atoms with E-state index in [1.807, 2.05) is 50.6 Å². The second kappa shape index (κ2) is 13.6. The molecule has 8 heteroatoms. The molecule has 1 aliphatic carbocycles. The van der Waals surface area contributed by atoms with Crippen molar-refractivity contribution in [2.24, 2.45) is 11.8 Å². The molecule has 31 heavy (non-hydrogen) atoms. The molecule has 0 aromatic heterocycles. The summed E-state index contributed by atoms with van der Waals surface area (Å²) in [6, 6.07) is 7.59. The number of anilines is 2. The van der Waals surface area contributed by atoms with E-state index in [1.165, 1.54) is 39.0 Å². The van der Waals surface area contributed by atoms with E-state index in [0.717, 1.165) is 29.5 Å². The van der Waals surface area contributed by atoms with Gasteiger partial charge in [0.2, 0.25) is 5.91 Å². The standard InChI is InChI=1S/C23H39N7O/c1-18(31)27-21-13-11-20(12-14-21)26-17-25-16-15-23(30(2)3)28-22(29-24)10-6-9-19-7-4-5-8-19/h10-16,19,23,25-26,28-29H,4-9,17,24H2,1-3H3,(H,27,31)/b16-15-,22-10-. The van der Waals surface area contributed by atoms with Gasteiger partial charge in [-0.3, -0.25) is 9.69 Å². The quantitative estimate of drug-likeness (QED) is 0.124. The predicted molar refractivity (Wildman–Crippen MR) is 129 cm³/mol. The Morgan fingerprint density at radius 3 is 2.48 bits per heavy atom. The van der Waals surface area contributed by atoms with Crippen molar-refractivity contribution in [1.29, 1.82) is 0 Å². The van der Waals surface area contributed by atoms with Crippen molar-refractivity contribution >= 4 is 17.3 Å². The van der Waals surface area contributed by atoms with Crippen LogP contribution in [-0.2, 0) is 4.79 Å². The molecule has 8 nitrogen and oxygen atoms in total. The van der Waals surface area contributed by atoms with Gasteiger partial charge >= 0.3 is 0 Å². The Labute approximate surface area is 186 Å². The van der Waals surface area contributed by atoms with Crippen LogP contribution in [0.5, 0.6) is 0 Å². The lowest BCUT2D eigenvalue weighted by molar-refractivity contribution is -0.114. The SMILES string of the molecule is CC(=O)Nc1ccc(NCN/C=C\C(N/C(=C/CCC2CCCC2)NN)N(C)C)cc1. The van der Waals surface area contributed by atoms with E-state index in [2.05, 4.69) is 37.7 Å². The highest BCUT2D eigenvalue weighted by atomic mass is 16.1. The van der Waals surface area contributed by atoms with E-state index in [0.29, 0.717) is 6.67 Å². The third-order valence-corrected chi connectivity index (χ3v) is 5.41. The summed E-state index contributed by atoms with van der Waals surface area (Å²) in [4.78, 5) is 13.1. The maximum absolute atomic E-state index is 11.1. The summed E-state index contributed by atoms with van der Waals surface area (Å²) in [6.07, 6.45) is 13.9. The smallest absolute Gasteiger partial charge is 0.221 e. The molecule has 1 amide bonds. The van der Waals surface area contributed by atoms with Crippen molar-refractivity contribution in [3.05, 3.63) is 48.4 Å². The summed E-state index contributed by atoms with van der Waals surface area (Å²) in [5, 5.41) is 12.7. The first-order valence-corrected chi connectivity index (χ1v) is 11.1. The Morgan fingerprint density at radius 1 is 1.19 bits per heavy atom. The minimum absolute atomic E-state index is 0.00165. The lowest BCUT2D eigenvalue weighted by Gasteiger charge is -2.25. The molecule has 1 atom stereocenters. The first-order valence-electron chi connectivity index (χ1n) is 11.1. The Hall–Kier alpha value is -2.71. The van der Waals surface area contributed by atoms with Crippen LogP contribution in [0.25, 0.3) is 0 Å². The van der Waals surface area contributed by atoms with E-state index in [-0.39, 0.29) is 12.1 Å². The molecule has 1 aliphatic rings. The number of rotatable bonds is 13. The molecule has 172 valence electrons. The number of hydrogen-bond donors (Lipinski definition) is 6. The van der Waals surface area contributed by atoms with Crippen molar-refractivity contribution in [2.45, 2.75) is 51.6 Å². The van der Waals surface area contributed by atoms with E-state index in [9.17, 15) is 4.79 Å². The number of nitrogens with two attached hydrogens (primary N) is 1. The highest BCUT2D eigenvalue weighted by Crippen LogP contribution is 2.28. The molecule has 0 aliphatic heterocycles. The molecule has 0 radical (unpaired) electrons. The number of hydrogen-bond acceptors (Lipinski definition) is 7. The van der Waals surface area contributed by atoms with Gasteiger partial charge in [0.1, 0.15) is 12.0 Å². The van der Waals surface area contributed by atoms with Crippen molar-refractivity contribution in [1.82, 2.24) is 21.0 Å². The van der Waals surface area contributed by atoms with Crippen molar-refractivity contribution < 1.29 is 4.79 Å². The van der Waals surface area contributed by atoms with Gasteiger partial charge in [0.15, 0.2) is 0 Å². The minimum atomic E-state index is -0.0757. The highest BCUT2D eigenvalue weighted by molar-refractivity contribution is 5.88. The summed E-state index contributed by atoms with van der Waals surface area (Å²) in [7, 11) is 4.03. The van der Waals surface area contributed by atoms with Gasteiger partial charge in [-0.15, -0.1) is 0 Å². The molecule has 1 aromatic carbocycles. The summed E-state index contributed by atoms with van der Waals surface area (Å²) in [5.74, 6) is 7.36. The minimum Gasteiger partial charge on any atom is -0.374 e. The lowest BCUT2D eigenvalue weighted by Crippen LogP contribution is -2.44. The van der Waals surface area contributed by atoms with Crippen molar-refractivity contribution in [2.75, 3.05) is 31.4 Å². The maximum atomic E-state index is 11.1. The molecule has 1 unspecified atom stereocenters. The third-order valence-electron chi connectivity index (χ3n) is 5.41. The normalized spacial score (nSPS) is 15.8. The molecular weight excluding hydrogens is 390 g/mol. The molecule has 0 saturated heterocycles. The Bertz CT molecular complexity index is 709. The number of nitrogens with zero attached hydrogens (tertiary/aromatic N) is 1. The van der Waals surface area contributed by atoms with E-state index in [1.54, 1.807) is 0 Å². The molecule has 2 rings (SSSR count). The summed E-state index contributed by atoms with van der Waals surface area (Å²) >= 11 is 0. The van der Waals surface area contributed by atoms with E-state index in [4.69, 9.17) is 5.84 Å². The van der Waals surface area contributed by atoms with Gasteiger partial charge in [-0.05, 0) is 75.5 Å². The summed E-state index contributed by atoms with van der Waals surface area (Å²) in [5.41, 5.74) is 4.54. The van der Waals surface area contributed by atoms with Gasteiger partial charge in [0.25, 0.3) is 0 Å². The second-order valence-electron chi connectivity index (χ2n) is 8.22. The topological polar surface area (TPSA) is 106 Å². The van der Waals surface area contributed by atoms with Gasteiger partial charge < -0.3 is 26.7 Å². The summed E-state index contributed by atoms with van der Waals surface area (Å²) in [6.45, 7) is 2.08. The molecular formula is C23H39N7O. The second-order valence-corrected chi connectivity index (χ2v) is 8.22. The van der Waals surface area contributed by atoms with Crippen LogP contribution in [0.15, 0.2) is 48.4 Å². The Morgan fingerprint density at radius 2 is 1.87 bits per heavy atom. The van der Waals surface area contributed by atoms with Crippen LogP contribution in [0, 0.1) is 5.92 Å². The fourth-order valence-corrected chi connectivity index (χ4v) is 3.68. The number of carbonyl (C=O) groups excluding carboxylic acids is 1. The number of likely N-dealkylation sites (N-methyl/N-ethyl adjacent to an activating group) is 1. The van der Waals surface area contributed by atoms with Crippen LogP contribution in [0.3, 0.4) is 0 Å². The van der Waals surface area contributed by atoms with Gasteiger partial charge in [-0.2, -0.15) is 0 Å². The van der Waals surface area contributed by atoms with Crippen LogP contribution in [0.4, 0.5) is 11.4 Å².